The smallest absolute Gasteiger partial charge is 0.320 e. The number of nitrogens with one attached hydrogen (secondary N) is 1. The number of aliphatic carboxylic acids is 1. The van der Waals surface area contributed by atoms with Crippen molar-refractivity contribution >= 4 is 15.7 Å². The maximum absolute atomic E-state index is 13.4. The summed E-state index contributed by atoms with van der Waals surface area (Å²) in [5.74, 6) is -4.99. The predicted molar refractivity (Wildman–Crippen MR) is 67.7 cm³/mol. The van der Waals surface area contributed by atoms with E-state index in [-0.39, 0.29) is 30.8 Å². The lowest BCUT2D eigenvalue weighted by Gasteiger charge is -2.19. The summed E-state index contributed by atoms with van der Waals surface area (Å²) in [5, 5.41) is 8.57. The Bertz CT molecular complexity index is 426. The third kappa shape index (κ3) is 5.02. The Balaban J connectivity index is 2.41. The van der Waals surface area contributed by atoms with Gasteiger partial charge in [0.1, 0.15) is 6.04 Å². The molecule has 0 aliphatic heterocycles. The van der Waals surface area contributed by atoms with Crippen molar-refractivity contribution in [1.29, 1.82) is 4.78 Å². The Morgan fingerprint density at radius 2 is 2.16 bits per heavy atom. The molecule has 0 amide bonds. The number of rotatable bonds is 7. The zero-order valence-corrected chi connectivity index (χ0v) is 11.4. The van der Waals surface area contributed by atoms with Crippen molar-refractivity contribution in [2.24, 2.45) is 11.7 Å². The van der Waals surface area contributed by atoms with Crippen LogP contribution in [0.15, 0.2) is 0 Å². The molecule has 0 heterocycles. The predicted octanol–water partition coefficient (Wildman–Crippen LogP) is 1.66. The van der Waals surface area contributed by atoms with Crippen LogP contribution in [-0.2, 0) is 14.5 Å². The molecule has 112 valence electrons. The molecule has 19 heavy (non-hydrogen) atoms. The molecule has 4 N–H and O–H groups in total. The van der Waals surface area contributed by atoms with E-state index in [1.807, 2.05) is 0 Å². The first-order chi connectivity index (χ1) is 8.64. The summed E-state index contributed by atoms with van der Waals surface area (Å²) in [6, 6.07) is -1.15. The molecule has 2 unspecified atom stereocenters. The van der Waals surface area contributed by atoms with Crippen LogP contribution >= 0.6 is 0 Å². The van der Waals surface area contributed by atoms with Crippen molar-refractivity contribution in [3.05, 3.63) is 0 Å². The van der Waals surface area contributed by atoms with E-state index in [1.54, 1.807) is 0 Å². The molecule has 0 aromatic heterocycles. The summed E-state index contributed by atoms with van der Waals surface area (Å²) in [7, 11) is -3.02. The van der Waals surface area contributed by atoms with Gasteiger partial charge in [0.15, 0.2) is 0 Å². The number of carboxylic acids is 1. The normalized spacial score (nSPS) is 26.8. The van der Waals surface area contributed by atoms with E-state index >= 15 is 0 Å². The Morgan fingerprint density at radius 3 is 2.63 bits per heavy atom. The van der Waals surface area contributed by atoms with Gasteiger partial charge in [-0.15, -0.1) is 0 Å². The average Bonchev–Trinajstić information content (AvgIpc) is 2.62. The maximum atomic E-state index is 13.4. The third-order valence-electron chi connectivity index (χ3n) is 3.53. The van der Waals surface area contributed by atoms with Crippen molar-refractivity contribution in [2.75, 3.05) is 11.5 Å². The number of hydrogen-bond acceptors (Lipinski definition) is 4. The zero-order chi connectivity index (χ0) is 14.7. The van der Waals surface area contributed by atoms with Gasteiger partial charge in [-0.25, -0.2) is 13.0 Å². The van der Waals surface area contributed by atoms with E-state index in [4.69, 9.17) is 15.6 Å². The highest BCUT2D eigenvalue weighted by Gasteiger charge is 2.43. The molecule has 5 nitrogen and oxygen atoms in total. The highest BCUT2D eigenvalue weighted by molar-refractivity contribution is 7.92. The molecule has 0 aromatic rings. The van der Waals surface area contributed by atoms with Gasteiger partial charge in [-0.05, 0) is 25.7 Å². The molecule has 0 bridgehead atoms. The fourth-order valence-electron chi connectivity index (χ4n) is 2.23. The summed E-state index contributed by atoms with van der Waals surface area (Å²) in [6.45, 7) is 0. The minimum absolute atomic E-state index is 0.0532. The molecule has 0 saturated heterocycles. The second-order valence-corrected chi connectivity index (χ2v) is 7.53. The monoisotopic (exact) mass is 298 g/mol. The van der Waals surface area contributed by atoms with E-state index in [0.717, 1.165) is 0 Å². The topological polar surface area (TPSA) is 104 Å². The van der Waals surface area contributed by atoms with Crippen LogP contribution in [0.1, 0.15) is 32.1 Å². The molecular formula is C11H20F2N2O3S. The summed E-state index contributed by atoms with van der Waals surface area (Å²) in [5.41, 5.74) is 5.26. The van der Waals surface area contributed by atoms with Crippen molar-refractivity contribution in [1.82, 2.24) is 0 Å². The highest BCUT2D eigenvalue weighted by Crippen LogP contribution is 2.42. The first-order valence-corrected chi connectivity index (χ1v) is 8.14. The molecule has 0 aromatic carbocycles. The van der Waals surface area contributed by atoms with E-state index in [1.165, 1.54) is 0 Å². The fourth-order valence-corrected chi connectivity index (χ4v) is 3.73. The molecule has 1 aliphatic rings. The van der Waals surface area contributed by atoms with Gasteiger partial charge in [0, 0.05) is 33.6 Å². The number of carbonyl (C=O) groups is 1. The second-order valence-electron chi connectivity index (χ2n) is 5.09. The van der Waals surface area contributed by atoms with Gasteiger partial charge in [-0.3, -0.25) is 9.57 Å². The Labute approximate surface area is 111 Å². The minimum atomic E-state index is -3.02. The van der Waals surface area contributed by atoms with Crippen LogP contribution in [0.25, 0.3) is 0 Å². The summed E-state index contributed by atoms with van der Waals surface area (Å²) >= 11 is 0. The van der Waals surface area contributed by atoms with Crippen LogP contribution in [0, 0.1) is 10.7 Å². The molecule has 1 rings (SSSR count). The number of hydrogen-bond donors (Lipinski definition) is 3. The Kier molecular flexibility index (Phi) is 5.26. The van der Waals surface area contributed by atoms with Crippen molar-refractivity contribution < 1.29 is 22.9 Å². The van der Waals surface area contributed by atoms with Crippen molar-refractivity contribution in [2.45, 2.75) is 44.1 Å². The highest BCUT2D eigenvalue weighted by atomic mass is 32.2. The lowest BCUT2D eigenvalue weighted by atomic mass is 10.0. The van der Waals surface area contributed by atoms with Crippen LogP contribution in [0.5, 0.6) is 0 Å². The number of nitrogens with two attached hydrogens (primary N) is 1. The summed E-state index contributed by atoms with van der Waals surface area (Å²) < 4.78 is 46.1. The third-order valence-corrected chi connectivity index (χ3v) is 5.32. The summed E-state index contributed by atoms with van der Waals surface area (Å²) in [6.07, 6.45) is 0.703. The Morgan fingerprint density at radius 1 is 1.53 bits per heavy atom. The molecule has 1 fully saturated rings. The number of halogens is 2. The van der Waals surface area contributed by atoms with Crippen LogP contribution in [0.4, 0.5) is 8.78 Å². The van der Waals surface area contributed by atoms with Crippen LogP contribution < -0.4 is 5.73 Å². The SMILES string of the molecule is N=S(=O)(CCC1CCCC1(F)F)CC[C@H](N)C(=O)O. The lowest BCUT2D eigenvalue weighted by Crippen LogP contribution is -2.32. The number of carboxylic acid groups (broad SMARTS) is 1. The van der Waals surface area contributed by atoms with Gasteiger partial charge in [-0.2, -0.15) is 0 Å². The van der Waals surface area contributed by atoms with Gasteiger partial charge < -0.3 is 10.8 Å². The fraction of sp³-hybridized carbons (Fsp3) is 0.909. The van der Waals surface area contributed by atoms with Crippen molar-refractivity contribution in [3.8, 4) is 0 Å². The van der Waals surface area contributed by atoms with Crippen molar-refractivity contribution in [3.63, 3.8) is 0 Å². The second kappa shape index (κ2) is 6.13. The van der Waals surface area contributed by atoms with E-state index in [9.17, 15) is 17.8 Å². The quantitative estimate of drug-likeness (QED) is 0.664. The average molecular weight is 298 g/mol. The number of alkyl halides is 2. The van der Waals surface area contributed by atoms with Crippen LogP contribution in [0.2, 0.25) is 0 Å². The van der Waals surface area contributed by atoms with Crippen LogP contribution in [0.3, 0.4) is 0 Å². The van der Waals surface area contributed by atoms with E-state index in [0.29, 0.717) is 12.8 Å². The maximum Gasteiger partial charge on any atom is 0.320 e. The van der Waals surface area contributed by atoms with Gasteiger partial charge in [0.05, 0.1) is 0 Å². The van der Waals surface area contributed by atoms with Gasteiger partial charge in [0.25, 0.3) is 5.92 Å². The first-order valence-electron chi connectivity index (χ1n) is 6.24. The van der Waals surface area contributed by atoms with E-state index in [2.05, 4.69) is 0 Å². The van der Waals surface area contributed by atoms with Gasteiger partial charge in [-0.1, -0.05) is 0 Å². The Hall–Kier alpha value is -0.760. The van der Waals surface area contributed by atoms with Gasteiger partial charge >= 0.3 is 5.97 Å². The minimum Gasteiger partial charge on any atom is -0.480 e. The molecule has 8 heteroatoms. The lowest BCUT2D eigenvalue weighted by molar-refractivity contribution is -0.138. The molecule has 0 spiro atoms. The standard InChI is InChI=1S/C11H20F2N2O3S/c12-11(13)5-1-2-8(11)3-6-19(15,18)7-4-9(14)10(16)17/h8-9,15H,1-7,14H2,(H,16,17)/t8?,9-,19?/m0/s1. The van der Waals surface area contributed by atoms with Crippen LogP contribution in [-0.4, -0.2) is 38.8 Å². The molecular weight excluding hydrogens is 278 g/mol. The molecule has 1 saturated carbocycles. The van der Waals surface area contributed by atoms with Gasteiger partial charge in [0.2, 0.25) is 0 Å². The molecule has 3 atom stereocenters. The largest absolute Gasteiger partial charge is 0.480 e. The molecule has 1 aliphatic carbocycles. The first kappa shape index (κ1) is 16.3. The van der Waals surface area contributed by atoms with E-state index < -0.39 is 33.6 Å². The zero-order valence-electron chi connectivity index (χ0n) is 10.6. The summed E-state index contributed by atoms with van der Waals surface area (Å²) in [4.78, 5) is 10.5. The molecule has 0 radical (unpaired) electrons.